The molecule has 26 heavy (non-hydrogen) atoms. The Balaban J connectivity index is 1.77. The highest BCUT2D eigenvalue weighted by atomic mass is 32.1. The first-order valence-electron chi connectivity index (χ1n) is 8.07. The van der Waals surface area contributed by atoms with Crippen LogP contribution in [0.1, 0.15) is 11.3 Å². The molecule has 0 spiro atoms. The van der Waals surface area contributed by atoms with Crippen LogP contribution in [0, 0.1) is 6.92 Å². The molecule has 7 heteroatoms. The molecule has 0 aliphatic rings. The first-order valence-corrected chi connectivity index (χ1v) is 8.48. The second kappa shape index (κ2) is 7.79. The van der Waals surface area contributed by atoms with Crippen molar-refractivity contribution < 1.29 is 0 Å². The lowest BCUT2D eigenvalue weighted by Crippen LogP contribution is -2.24. The predicted octanol–water partition coefficient (Wildman–Crippen LogP) is 2.80. The first-order chi connectivity index (χ1) is 12.6. The molecule has 0 unspecified atom stereocenters. The summed E-state index contributed by atoms with van der Waals surface area (Å²) >= 11 is 5.20. The van der Waals surface area contributed by atoms with Crippen LogP contribution < -0.4 is 16.3 Å². The van der Waals surface area contributed by atoms with Crippen LogP contribution in [0.3, 0.4) is 0 Å². The summed E-state index contributed by atoms with van der Waals surface area (Å²) in [6.07, 6.45) is 1.50. The zero-order valence-electron chi connectivity index (χ0n) is 14.5. The van der Waals surface area contributed by atoms with Crippen LogP contribution in [0.4, 0.5) is 5.69 Å². The number of aromatic nitrogens is 2. The summed E-state index contributed by atoms with van der Waals surface area (Å²) in [6, 6.07) is 19.0. The molecule has 1 aromatic heterocycles. The second-order valence-corrected chi connectivity index (χ2v) is 6.07. The van der Waals surface area contributed by atoms with E-state index in [2.05, 4.69) is 15.8 Å². The minimum absolute atomic E-state index is 0.135. The lowest BCUT2D eigenvalue weighted by molar-refractivity contribution is 0.630. The zero-order valence-corrected chi connectivity index (χ0v) is 15.3. The maximum Gasteiger partial charge on any atom is 0.280 e. The van der Waals surface area contributed by atoms with E-state index in [0.29, 0.717) is 10.7 Å². The smallest absolute Gasteiger partial charge is 0.280 e. The number of thiocarbonyl (C=S) groups is 1. The third kappa shape index (κ3) is 3.73. The Kier molecular flexibility index (Phi) is 5.28. The van der Waals surface area contributed by atoms with Crippen LogP contribution in [-0.4, -0.2) is 20.7 Å². The van der Waals surface area contributed by atoms with E-state index >= 15 is 0 Å². The van der Waals surface area contributed by atoms with Crippen LogP contribution >= 0.6 is 12.2 Å². The molecule has 0 aliphatic carbocycles. The number of benzene rings is 2. The number of rotatable bonds is 4. The van der Waals surface area contributed by atoms with Gasteiger partial charge in [0.05, 0.1) is 17.5 Å². The molecule has 2 N–H and O–H groups in total. The summed E-state index contributed by atoms with van der Waals surface area (Å²) in [7, 11) is 1.84. The standard InChI is InChI=1S/C19H19N5OS/c1-14-17(13-20-22-19(26)21-15-9-5-3-6-10-15)18(25)24(23(14)2)16-11-7-4-8-12-16/h3-13H,1-2H3,(H2,21,22,26)/b20-13+. The Hall–Kier alpha value is -3.19. The van der Waals surface area contributed by atoms with Crippen molar-refractivity contribution in [2.24, 2.45) is 12.1 Å². The van der Waals surface area contributed by atoms with Crippen molar-refractivity contribution >= 4 is 29.2 Å². The molecule has 1 heterocycles. The van der Waals surface area contributed by atoms with Crippen molar-refractivity contribution in [3.63, 3.8) is 0 Å². The zero-order chi connectivity index (χ0) is 18.5. The summed E-state index contributed by atoms with van der Waals surface area (Å²) in [5.74, 6) is 0. The van der Waals surface area contributed by atoms with E-state index in [-0.39, 0.29) is 5.56 Å². The van der Waals surface area contributed by atoms with Crippen LogP contribution in [0.25, 0.3) is 5.69 Å². The highest BCUT2D eigenvalue weighted by molar-refractivity contribution is 7.80. The van der Waals surface area contributed by atoms with E-state index < -0.39 is 0 Å². The number of para-hydroxylation sites is 2. The van der Waals surface area contributed by atoms with Gasteiger partial charge in [0.2, 0.25) is 0 Å². The fraction of sp³-hybridized carbons (Fsp3) is 0.105. The summed E-state index contributed by atoms with van der Waals surface area (Å²) in [5.41, 5.74) is 5.58. The van der Waals surface area contributed by atoms with E-state index in [9.17, 15) is 4.79 Å². The third-order valence-electron chi connectivity index (χ3n) is 3.99. The fourth-order valence-corrected chi connectivity index (χ4v) is 2.74. The fourth-order valence-electron chi connectivity index (χ4n) is 2.57. The molecule has 0 radical (unpaired) electrons. The number of nitrogens with one attached hydrogen (secondary N) is 2. The van der Waals surface area contributed by atoms with Crippen LogP contribution in [-0.2, 0) is 7.05 Å². The molecule has 132 valence electrons. The normalized spacial score (nSPS) is 10.8. The number of hydrogen-bond donors (Lipinski definition) is 2. The molecule has 3 aromatic rings. The van der Waals surface area contributed by atoms with Gasteiger partial charge in [-0.1, -0.05) is 36.4 Å². The molecule has 0 amide bonds. The summed E-state index contributed by atoms with van der Waals surface area (Å²) in [5, 5.41) is 7.47. The largest absolute Gasteiger partial charge is 0.331 e. The first kappa shape index (κ1) is 17.6. The van der Waals surface area contributed by atoms with E-state index in [1.807, 2.05) is 74.6 Å². The average molecular weight is 365 g/mol. The van der Waals surface area contributed by atoms with E-state index in [1.165, 1.54) is 6.21 Å². The number of anilines is 1. The Morgan fingerprint density at radius 1 is 1.08 bits per heavy atom. The van der Waals surface area contributed by atoms with Crippen molar-refractivity contribution in [1.29, 1.82) is 0 Å². The quantitative estimate of drug-likeness (QED) is 0.424. The monoisotopic (exact) mass is 365 g/mol. The maximum absolute atomic E-state index is 12.8. The molecule has 0 saturated heterocycles. The number of hydrazone groups is 1. The molecule has 2 aromatic carbocycles. The maximum atomic E-state index is 12.8. The molecular weight excluding hydrogens is 346 g/mol. The molecule has 3 rings (SSSR count). The summed E-state index contributed by atoms with van der Waals surface area (Å²) in [6.45, 7) is 1.88. The minimum Gasteiger partial charge on any atom is -0.331 e. The van der Waals surface area contributed by atoms with Crippen molar-refractivity contribution in [2.75, 3.05) is 5.32 Å². The summed E-state index contributed by atoms with van der Waals surface area (Å²) < 4.78 is 3.41. The summed E-state index contributed by atoms with van der Waals surface area (Å²) in [4.78, 5) is 12.8. The SMILES string of the molecule is Cc1c(/C=N/NC(=S)Nc2ccccc2)c(=O)n(-c2ccccc2)n1C. The molecule has 0 fully saturated rings. The number of hydrogen-bond acceptors (Lipinski definition) is 3. The third-order valence-corrected chi connectivity index (χ3v) is 4.18. The lowest BCUT2D eigenvalue weighted by atomic mass is 10.3. The molecular formula is C19H19N5OS. The lowest BCUT2D eigenvalue weighted by Gasteiger charge is -2.07. The van der Waals surface area contributed by atoms with Gasteiger partial charge in [0, 0.05) is 18.4 Å². The van der Waals surface area contributed by atoms with E-state index in [4.69, 9.17) is 12.2 Å². The van der Waals surface area contributed by atoms with Gasteiger partial charge in [-0.3, -0.25) is 14.9 Å². The topological polar surface area (TPSA) is 63.4 Å². The van der Waals surface area contributed by atoms with Gasteiger partial charge in [0.1, 0.15) is 0 Å². The van der Waals surface area contributed by atoms with Crippen molar-refractivity contribution in [3.8, 4) is 5.69 Å². The van der Waals surface area contributed by atoms with E-state index in [0.717, 1.165) is 17.1 Å². The van der Waals surface area contributed by atoms with E-state index in [1.54, 1.807) is 9.36 Å². The molecule has 0 saturated carbocycles. The van der Waals surface area contributed by atoms with Gasteiger partial charge in [0.15, 0.2) is 5.11 Å². The predicted molar refractivity (Wildman–Crippen MR) is 109 cm³/mol. The minimum atomic E-state index is -0.135. The van der Waals surface area contributed by atoms with Gasteiger partial charge in [-0.05, 0) is 43.4 Å². The average Bonchev–Trinajstić information content (AvgIpc) is 2.86. The van der Waals surface area contributed by atoms with Crippen LogP contribution in [0.2, 0.25) is 0 Å². The van der Waals surface area contributed by atoms with Crippen molar-refractivity contribution in [2.45, 2.75) is 6.92 Å². The van der Waals surface area contributed by atoms with Crippen LogP contribution in [0.15, 0.2) is 70.6 Å². The molecule has 0 bridgehead atoms. The Morgan fingerprint density at radius 2 is 1.69 bits per heavy atom. The van der Waals surface area contributed by atoms with Crippen LogP contribution in [0.5, 0.6) is 0 Å². The van der Waals surface area contributed by atoms with Gasteiger partial charge in [-0.25, -0.2) is 4.68 Å². The Morgan fingerprint density at radius 3 is 2.35 bits per heavy atom. The van der Waals surface area contributed by atoms with Crippen molar-refractivity contribution in [3.05, 3.63) is 82.3 Å². The van der Waals surface area contributed by atoms with Gasteiger partial charge >= 0.3 is 0 Å². The molecule has 0 atom stereocenters. The molecule has 0 aliphatic heterocycles. The van der Waals surface area contributed by atoms with Crippen molar-refractivity contribution in [1.82, 2.24) is 14.8 Å². The van der Waals surface area contributed by atoms with Gasteiger partial charge in [0.25, 0.3) is 5.56 Å². The Labute approximate surface area is 156 Å². The molecule has 6 nitrogen and oxygen atoms in total. The Bertz CT molecular complexity index is 990. The number of nitrogens with zero attached hydrogens (tertiary/aromatic N) is 3. The van der Waals surface area contributed by atoms with Gasteiger partial charge in [-0.2, -0.15) is 5.10 Å². The highest BCUT2D eigenvalue weighted by Crippen LogP contribution is 2.08. The highest BCUT2D eigenvalue weighted by Gasteiger charge is 2.14. The van der Waals surface area contributed by atoms with Gasteiger partial charge < -0.3 is 5.32 Å². The second-order valence-electron chi connectivity index (χ2n) is 5.67. The van der Waals surface area contributed by atoms with Gasteiger partial charge in [-0.15, -0.1) is 0 Å².